The molecule has 4 nitrogen and oxygen atoms in total. The number of benzene rings is 1. The molecule has 0 unspecified atom stereocenters. The highest BCUT2D eigenvalue weighted by Gasteiger charge is 2.10. The first-order chi connectivity index (χ1) is 9.83. The molecule has 0 amide bonds. The fourth-order valence-corrected chi connectivity index (χ4v) is 2.60. The molecule has 1 fully saturated rings. The van der Waals surface area contributed by atoms with Gasteiger partial charge in [-0.25, -0.2) is 0 Å². The molecule has 1 aromatic carbocycles. The predicted octanol–water partition coefficient (Wildman–Crippen LogP) is 2.14. The molecule has 1 aliphatic rings. The van der Waals surface area contributed by atoms with Crippen LogP contribution in [0.3, 0.4) is 0 Å². The van der Waals surface area contributed by atoms with Crippen LogP contribution in [0.4, 0.5) is 0 Å². The summed E-state index contributed by atoms with van der Waals surface area (Å²) in [6.07, 6.45) is 3.91. The van der Waals surface area contributed by atoms with Gasteiger partial charge in [0, 0.05) is 6.54 Å². The van der Waals surface area contributed by atoms with Gasteiger partial charge in [-0.1, -0.05) is 6.07 Å². The minimum absolute atomic E-state index is 0.588. The summed E-state index contributed by atoms with van der Waals surface area (Å²) in [5.41, 5.74) is 1.74. The van der Waals surface area contributed by atoms with Crippen molar-refractivity contribution in [2.24, 2.45) is 0 Å². The zero-order valence-corrected chi connectivity index (χ0v) is 12.2. The second-order valence-electron chi connectivity index (χ2n) is 5.23. The van der Waals surface area contributed by atoms with Gasteiger partial charge in [0.1, 0.15) is 11.8 Å². The highest BCUT2D eigenvalue weighted by molar-refractivity contribution is 5.45. The lowest BCUT2D eigenvalue weighted by Gasteiger charge is -2.14. The second kappa shape index (κ2) is 7.88. The number of hydrogen-bond donors (Lipinski definition) is 1. The van der Waals surface area contributed by atoms with Crippen LogP contribution in [0.25, 0.3) is 0 Å². The van der Waals surface area contributed by atoms with Gasteiger partial charge in [0.25, 0.3) is 0 Å². The molecule has 1 heterocycles. The molecule has 1 aromatic rings. The Morgan fingerprint density at radius 3 is 2.85 bits per heavy atom. The third-order valence-corrected chi connectivity index (χ3v) is 3.74. The average Bonchev–Trinajstić information content (AvgIpc) is 3.00. The molecule has 0 bridgehead atoms. The monoisotopic (exact) mass is 273 g/mol. The highest BCUT2D eigenvalue weighted by Crippen LogP contribution is 2.19. The van der Waals surface area contributed by atoms with E-state index in [1.54, 1.807) is 7.11 Å². The van der Waals surface area contributed by atoms with Crippen LogP contribution >= 0.6 is 0 Å². The Morgan fingerprint density at radius 1 is 1.35 bits per heavy atom. The number of likely N-dealkylation sites (tertiary alicyclic amines) is 1. The van der Waals surface area contributed by atoms with Crippen molar-refractivity contribution in [1.82, 2.24) is 10.2 Å². The number of nitriles is 1. The third kappa shape index (κ3) is 4.22. The van der Waals surface area contributed by atoms with Crippen LogP contribution in [0, 0.1) is 11.3 Å². The SMILES string of the molecule is COc1cc(CNCCCN2CCCC2)ccc1C#N. The Bertz CT molecular complexity index is 461. The Morgan fingerprint density at radius 2 is 2.15 bits per heavy atom. The maximum absolute atomic E-state index is 8.94. The number of ether oxygens (including phenoxy) is 1. The number of methoxy groups -OCH3 is 1. The lowest BCUT2D eigenvalue weighted by Crippen LogP contribution is -2.24. The Hall–Kier alpha value is -1.57. The van der Waals surface area contributed by atoms with Gasteiger partial charge in [0.15, 0.2) is 0 Å². The van der Waals surface area contributed by atoms with E-state index in [1.807, 2.05) is 18.2 Å². The summed E-state index contributed by atoms with van der Waals surface area (Å²) < 4.78 is 5.21. The standard InChI is InChI=1S/C16H23N3O/c1-20-16-11-14(5-6-15(16)12-17)13-18-7-4-10-19-8-2-3-9-19/h5-6,11,18H,2-4,7-10,13H2,1H3. The van der Waals surface area contributed by atoms with Crippen molar-refractivity contribution in [2.45, 2.75) is 25.8 Å². The van der Waals surface area contributed by atoms with E-state index < -0.39 is 0 Å². The van der Waals surface area contributed by atoms with Gasteiger partial charge in [0.2, 0.25) is 0 Å². The largest absolute Gasteiger partial charge is 0.495 e. The quantitative estimate of drug-likeness (QED) is 0.773. The molecule has 0 saturated carbocycles. The molecule has 0 aromatic heterocycles. The summed E-state index contributed by atoms with van der Waals surface area (Å²) in [7, 11) is 1.60. The van der Waals surface area contributed by atoms with Crippen molar-refractivity contribution in [1.29, 1.82) is 5.26 Å². The lowest BCUT2D eigenvalue weighted by atomic mass is 10.1. The lowest BCUT2D eigenvalue weighted by molar-refractivity contribution is 0.331. The molecule has 0 spiro atoms. The first-order valence-corrected chi connectivity index (χ1v) is 7.33. The van der Waals surface area contributed by atoms with E-state index in [4.69, 9.17) is 10.00 Å². The molecule has 2 rings (SSSR count). The summed E-state index contributed by atoms with van der Waals surface area (Å²) in [5.74, 6) is 0.656. The minimum atomic E-state index is 0.588. The van der Waals surface area contributed by atoms with E-state index in [2.05, 4.69) is 16.3 Å². The molecule has 1 N–H and O–H groups in total. The molecule has 0 aliphatic carbocycles. The summed E-state index contributed by atoms with van der Waals surface area (Å²) in [6, 6.07) is 7.87. The zero-order chi connectivity index (χ0) is 14.2. The Kier molecular flexibility index (Phi) is 5.85. The molecule has 20 heavy (non-hydrogen) atoms. The highest BCUT2D eigenvalue weighted by atomic mass is 16.5. The number of nitrogens with zero attached hydrogens (tertiary/aromatic N) is 2. The van der Waals surface area contributed by atoms with E-state index in [-0.39, 0.29) is 0 Å². The maximum atomic E-state index is 8.94. The van der Waals surface area contributed by atoms with Crippen molar-refractivity contribution in [3.8, 4) is 11.8 Å². The topological polar surface area (TPSA) is 48.3 Å². The second-order valence-corrected chi connectivity index (χ2v) is 5.23. The van der Waals surface area contributed by atoms with Crippen LogP contribution in [0.15, 0.2) is 18.2 Å². The first kappa shape index (κ1) is 14.8. The molecular formula is C16H23N3O. The van der Waals surface area contributed by atoms with Crippen LogP contribution in [0.2, 0.25) is 0 Å². The van der Waals surface area contributed by atoms with E-state index in [1.165, 1.54) is 38.9 Å². The molecule has 4 heteroatoms. The van der Waals surface area contributed by atoms with E-state index in [0.29, 0.717) is 11.3 Å². The molecular weight excluding hydrogens is 250 g/mol. The van der Waals surface area contributed by atoms with Crippen LogP contribution in [0.5, 0.6) is 5.75 Å². The molecule has 0 atom stereocenters. The van der Waals surface area contributed by atoms with Gasteiger partial charge in [0.05, 0.1) is 12.7 Å². The van der Waals surface area contributed by atoms with Crippen molar-refractivity contribution >= 4 is 0 Å². The Balaban J connectivity index is 1.69. The first-order valence-electron chi connectivity index (χ1n) is 7.33. The van der Waals surface area contributed by atoms with Gasteiger partial charge in [-0.2, -0.15) is 5.26 Å². The Labute approximate surface area is 121 Å². The zero-order valence-electron chi connectivity index (χ0n) is 12.2. The van der Waals surface area contributed by atoms with Crippen LogP contribution in [0.1, 0.15) is 30.4 Å². The summed E-state index contributed by atoms with van der Waals surface area (Å²) in [4.78, 5) is 2.53. The van der Waals surface area contributed by atoms with Gasteiger partial charge >= 0.3 is 0 Å². The van der Waals surface area contributed by atoms with Gasteiger partial charge < -0.3 is 15.0 Å². The van der Waals surface area contributed by atoms with Gasteiger partial charge in [-0.05, 0) is 63.1 Å². The fraction of sp³-hybridized carbons (Fsp3) is 0.562. The van der Waals surface area contributed by atoms with E-state index >= 15 is 0 Å². The molecule has 108 valence electrons. The number of nitrogens with one attached hydrogen (secondary N) is 1. The molecule has 1 saturated heterocycles. The molecule has 0 radical (unpaired) electrons. The van der Waals surface area contributed by atoms with Crippen LogP contribution in [-0.2, 0) is 6.54 Å². The average molecular weight is 273 g/mol. The number of hydrogen-bond acceptors (Lipinski definition) is 4. The van der Waals surface area contributed by atoms with Crippen LogP contribution in [-0.4, -0.2) is 38.2 Å². The normalized spacial score (nSPS) is 15.2. The summed E-state index contributed by atoms with van der Waals surface area (Å²) in [5, 5.41) is 12.4. The van der Waals surface area contributed by atoms with E-state index in [9.17, 15) is 0 Å². The fourth-order valence-electron chi connectivity index (χ4n) is 2.60. The minimum Gasteiger partial charge on any atom is -0.495 e. The smallest absolute Gasteiger partial charge is 0.136 e. The molecule has 1 aliphatic heterocycles. The number of rotatable bonds is 7. The van der Waals surface area contributed by atoms with Crippen molar-refractivity contribution < 1.29 is 4.74 Å². The van der Waals surface area contributed by atoms with Crippen molar-refractivity contribution in [3.05, 3.63) is 29.3 Å². The van der Waals surface area contributed by atoms with Crippen LogP contribution < -0.4 is 10.1 Å². The summed E-state index contributed by atoms with van der Waals surface area (Å²) in [6.45, 7) is 5.59. The maximum Gasteiger partial charge on any atom is 0.136 e. The summed E-state index contributed by atoms with van der Waals surface area (Å²) >= 11 is 0. The van der Waals surface area contributed by atoms with Gasteiger partial charge in [-0.3, -0.25) is 0 Å². The van der Waals surface area contributed by atoms with E-state index in [0.717, 1.165) is 18.7 Å². The third-order valence-electron chi connectivity index (χ3n) is 3.74. The van der Waals surface area contributed by atoms with Gasteiger partial charge in [-0.15, -0.1) is 0 Å². The van der Waals surface area contributed by atoms with Crippen molar-refractivity contribution in [3.63, 3.8) is 0 Å². The van der Waals surface area contributed by atoms with Crippen molar-refractivity contribution in [2.75, 3.05) is 33.3 Å². The predicted molar refractivity (Wildman–Crippen MR) is 79.7 cm³/mol.